The minimum Gasteiger partial charge on any atom is -0.315 e. The van der Waals surface area contributed by atoms with Gasteiger partial charge in [-0.15, -0.1) is 12.4 Å². The molecule has 1 aromatic carbocycles. The zero-order valence-electron chi connectivity index (χ0n) is 15.6. The lowest BCUT2D eigenvalue weighted by Gasteiger charge is -2.22. The van der Waals surface area contributed by atoms with Crippen LogP contribution in [0, 0.1) is 6.92 Å². The second kappa shape index (κ2) is 8.10. The van der Waals surface area contributed by atoms with Crippen LogP contribution in [-0.2, 0) is 6.54 Å². The first-order chi connectivity index (χ1) is 12.7. The number of anilines is 1. The van der Waals surface area contributed by atoms with E-state index >= 15 is 0 Å². The Morgan fingerprint density at radius 2 is 2.22 bits per heavy atom. The SMILES string of the molecule is CCn1c(NC(=O)c2ccn(C3CCCNC3)n2)nc2cc(C)ccc21.Cl. The van der Waals surface area contributed by atoms with Gasteiger partial charge in [-0.3, -0.25) is 14.8 Å². The predicted molar refractivity (Wildman–Crippen MR) is 109 cm³/mol. The molecule has 7 nitrogen and oxygen atoms in total. The third-order valence-corrected chi connectivity index (χ3v) is 4.93. The number of nitrogens with one attached hydrogen (secondary N) is 2. The van der Waals surface area contributed by atoms with E-state index in [4.69, 9.17) is 0 Å². The number of aryl methyl sites for hydroxylation is 2. The standard InChI is InChI=1S/C19H24N6O.ClH/c1-3-24-17-7-6-13(2)11-16(17)21-19(24)22-18(26)15-8-10-25(23-15)14-5-4-9-20-12-14;/h6-8,10-11,14,20H,3-5,9,12H2,1-2H3,(H,21,22,26);1H. The highest BCUT2D eigenvalue weighted by molar-refractivity contribution is 6.02. The van der Waals surface area contributed by atoms with Gasteiger partial charge in [0.1, 0.15) is 0 Å². The highest BCUT2D eigenvalue weighted by Crippen LogP contribution is 2.21. The number of hydrogen-bond donors (Lipinski definition) is 2. The molecule has 0 bridgehead atoms. The molecule has 3 heterocycles. The summed E-state index contributed by atoms with van der Waals surface area (Å²) in [4.78, 5) is 17.3. The van der Waals surface area contributed by atoms with Gasteiger partial charge in [-0.05, 0) is 57.0 Å². The number of amides is 1. The van der Waals surface area contributed by atoms with Gasteiger partial charge in [0.25, 0.3) is 5.91 Å². The van der Waals surface area contributed by atoms with Crippen LogP contribution in [0.5, 0.6) is 0 Å². The number of piperidine rings is 1. The average Bonchev–Trinajstić information content (AvgIpc) is 3.26. The van der Waals surface area contributed by atoms with Crippen LogP contribution in [0.25, 0.3) is 11.0 Å². The lowest BCUT2D eigenvalue weighted by Crippen LogP contribution is -2.32. The smallest absolute Gasteiger partial charge is 0.278 e. The van der Waals surface area contributed by atoms with Crippen molar-refractivity contribution in [2.45, 2.75) is 39.3 Å². The highest BCUT2D eigenvalue weighted by Gasteiger charge is 2.19. The van der Waals surface area contributed by atoms with Gasteiger partial charge in [-0.1, -0.05) is 6.07 Å². The van der Waals surface area contributed by atoms with E-state index in [0.29, 0.717) is 17.7 Å². The molecule has 0 aliphatic carbocycles. The number of imidazole rings is 1. The molecule has 1 aliphatic heterocycles. The molecule has 0 spiro atoms. The Kier molecular flexibility index (Phi) is 5.82. The second-order valence-corrected chi connectivity index (χ2v) is 6.81. The summed E-state index contributed by atoms with van der Waals surface area (Å²) in [6, 6.07) is 8.21. The van der Waals surface area contributed by atoms with Crippen molar-refractivity contribution in [1.29, 1.82) is 0 Å². The number of aromatic nitrogens is 4. The highest BCUT2D eigenvalue weighted by atomic mass is 35.5. The van der Waals surface area contributed by atoms with Crippen molar-refractivity contribution in [2.24, 2.45) is 0 Å². The Morgan fingerprint density at radius 3 is 2.96 bits per heavy atom. The van der Waals surface area contributed by atoms with Crippen LogP contribution in [0.1, 0.15) is 41.9 Å². The fourth-order valence-electron chi connectivity index (χ4n) is 3.54. The number of carbonyl (C=O) groups is 1. The summed E-state index contributed by atoms with van der Waals surface area (Å²) in [6.07, 6.45) is 4.10. The molecular weight excluding hydrogens is 364 g/mol. The number of halogens is 1. The summed E-state index contributed by atoms with van der Waals surface area (Å²) in [6.45, 7) is 6.76. The van der Waals surface area contributed by atoms with Gasteiger partial charge in [0.05, 0.1) is 17.1 Å². The summed E-state index contributed by atoms with van der Waals surface area (Å²) < 4.78 is 3.90. The van der Waals surface area contributed by atoms with Crippen molar-refractivity contribution in [1.82, 2.24) is 24.6 Å². The topological polar surface area (TPSA) is 76.8 Å². The van der Waals surface area contributed by atoms with E-state index in [1.54, 1.807) is 6.07 Å². The van der Waals surface area contributed by atoms with Crippen LogP contribution in [0.2, 0.25) is 0 Å². The fourth-order valence-corrected chi connectivity index (χ4v) is 3.54. The fraction of sp³-hybridized carbons (Fsp3) is 0.421. The predicted octanol–water partition coefficient (Wildman–Crippen LogP) is 3.16. The Morgan fingerprint density at radius 1 is 1.37 bits per heavy atom. The summed E-state index contributed by atoms with van der Waals surface area (Å²) in [5.74, 6) is 0.334. The Balaban J connectivity index is 0.00000210. The van der Waals surface area contributed by atoms with Crippen LogP contribution in [0.3, 0.4) is 0 Å². The number of hydrogen-bond acceptors (Lipinski definition) is 4. The first kappa shape index (κ1) is 19.4. The normalized spacial score (nSPS) is 16.9. The molecule has 1 saturated heterocycles. The van der Waals surface area contributed by atoms with Crippen LogP contribution >= 0.6 is 12.4 Å². The largest absolute Gasteiger partial charge is 0.315 e. The minimum atomic E-state index is -0.228. The van der Waals surface area contributed by atoms with Crippen LogP contribution in [0.15, 0.2) is 30.5 Å². The van der Waals surface area contributed by atoms with E-state index in [9.17, 15) is 4.79 Å². The molecular formula is C19H25ClN6O. The molecule has 2 N–H and O–H groups in total. The maximum atomic E-state index is 12.7. The van der Waals surface area contributed by atoms with E-state index in [1.807, 2.05) is 41.4 Å². The maximum absolute atomic E-state index is 12.7. The Bertz CT molecular complexity index is 941. The Labute approximate surface area is 164 Å². The molecule has 3 aromatic rings. The van der Waals surface area contributed by atoms with E-state index in [2.05, 4.69) is 26.8 Å². The summed E-state index contributed by atoms with van der Waals surface area (Å²) in [5.41, 5.74) is 3.48. The molecule has 1 amide bonds. The molecule has 0 radical (unpaired) electrons. The molecule has 0 saturated carbocycles. The lowest BCUT2D eigenvalue weighted by atomic mass is 10.1. The summed E-state index contributed by atoms with van der Waals surface area (Å²) in [7, 11) is 0. The van der Waals surface area contributed by atoms with E-state index in [0.717, 1.165) is 49.1 Å². The molecule has 1 aliphatic rings. The molecule has 1 atom stereocenters. The van der Waals surface area contributed by atoms with Crippen molar-refractivity contribution < 1.29 is 4.79 Å². The number of benzene rings is 1. The molecule has 144 valence electrons. The van der Waals surface area contributed by atoms with Crippen molar-refractivity contribution in [2.75, 3.05) is 18.4 Å². The molecule has 1 unspecified atom stereocenters. The molecule has 8 heteroatoms. The minimum absolute atomic E-state index is 0. The summed E-state index contributed by atoms with van der Waals surface area (Å²) >= 11 is 0. The van der Waals surface area contributed by atoms with E-state index < -0.39 is 0 Å². The first-order valence-electron chi connectivity index (χ1n) is 9.20. The van der Waals surface area contributed by atoms with Gasteiger partial charge in [-0.2, -0.15) is 5.10 Å². The van der Waals surface area contributed by atoms with Crippen molar-refractivity contribution in [3.63, 3.8) is 0 Å². The zero-order valence-corrected chi connectivity index (χ0v) is 16.4. The quantitative estimate of drug-likeness (QED) is 0.719. The van der Waals surface area contributed by atoms with Gasteiger partial charge >= 0.3 is 0 Å². The van der Waals surface area contributed by atoms with Gasteiger partial charge < -0.3 is 9.88 Å². The number of nitrogens with zero attached hydrogens (tertiary/aromatic N) is 4. The first-order valence-corrected chi connectivity index (χ1v) is 9.20. The molecule has 1 fully saturated rings. The lowest BCUT2D eigenvalue weighted by molar-refractivity contribution is 0.101. The molecule has 4 rings (SSSR count). The van der Waals surface area contributed by atoms with Crippen molar-refractivity contribution in [3.05, 3.63) is 41.7 Å². The van der Waals surface area contributed by atoms with Crippen LogP contribution in [0.4, 0.5) is 5.95 Å². The van der Waals surface area contributed by atoms with Gasteiger partial charge in [-0.25, -0.2) is 4.98 Å². The van der Waals surface area contributed by atoms with E-state index in [1.165, 1.54) is 0 Å². The van der Waals surface area contributed by atoms with Crippen molar-refractivity contribution >= 4 is 35.3 Å². The average molecular weight is 389 g/mol. The summed E-state index contributed by atoms with van der Waals surface area (Å²) in [5, 5.41) is 10.8. The van der Waals surface area contributed by atoms with Gasteiger partial charge in [0.15, 0.2) is 5.69 Å². The van der Waals surface area contributed by atoms with E-state index in [-0.39, 0.29) is 18.3 Å². The number of carbonyl (C=O) groups excluding carboxylic acids is 1. The van der Waals surface area contributed by atoms with Crippen LogP contribution in [-0.4, -0.2) is 38.3 Å². The number of rotatable bonds is 4. The van der Waals surface area contributed by atoms with Crippen molar-refractivity contribution in [3.8, 4) is 0 Å². The van der Waals surface area contributed by atoms with Gasteiger partial charge in [0, 0.05) is 19.3 Å². The molecule has 2 aromatic heterocycles. The third kappa shape index (κ3) is 3.84. The third-order valence-electron chi connectivity index (χ3n) is 4.93. The Hall–Kier alpha value is -2.38. The number of fused-ring (bicyclic) bond motifs is 1. The van der Waals surface area contributed by atoms with Gasteiger partial charge in [0.2, 0.25) is 5.95 Å². The molecule has 27 heavy (non-hydrogen) atoms. The zero-order chi connectivity index (χ0) is 18.1. The second-order valence-electron chi connectivity index (χ2n) is 6.81. The van der Waals surface area contributed by atoms with Crippen LogP contribution < -0.4 is 10.6 Å². The maximum Gasteiger partial charge on any atom is 0.278 e. The monoisotopic (exact) mass is 388 g/mol.